The van der Waals surface area contributed by atoms with Gasteiger partial charge in [-0.05, 0) is 51.6 Å². The molecule has 0 bridgehead atoms. The first-order chi connectivity index (χ1) is 13.0. The van der Waals surface area contributed by atoms with Crippen LogP contribution in [0.2, 0.25) is 0 Å². The minimum absolute atomic E-state index is 0. The second-order valence-corrected chi connectivity index (χ2v) is 7.45. The smallest absolute Gasteiger partial charge is 0.236 e. The van der Waals surface area contributed by atoms with Crippen molar-refractivity contribution in [1.29, 1.82) is 0 Å². The van der Waals surface area contributed by atoms with Gasteiger partial charge >= 0.3 is 0 Å². The van der Waals surface area contributed by atoms with Crippen LogP contribution in [0.15, 0.2) is 18.2 Å². The van der Waals surface area contributed by atoms with Gasteiger partial charge in [-0.2, -0.15) is 0 Å². The van der Waals surface area contributed by atoms with Crippen LogP contribution in [0.1, 0.15) is 30.1 Å². The molecular weight excluding hydrogens is 418 g/mol. The number of rotatable bonds is 5. The summed E-state index contributed by atoms with van der Waals surface area (Å²) in [5.41, 5.74) is 0.881. The summed E-state index contributed by atoms with van der Waals surface area (Å²) in [7, 11) is 1.97. The Bertz CT molecular complexity index is 699. The molecule has 1 aromatic rings. The van der Waals surface area contributed by atoms with Crippen molar-refractivity contribution >= 4 is 42.2 Å². The zero-order chi connectivity index (χ0) is 19.4. The summed E-state index contributed by atoms with van der Waals surface area (Å²) in [6, 6.07) is 5.08. The van der Waals surface area contributed by atoms with Gasteiger partial charge in [-0.3, -0.25) is 14.5 Å². The third-order valence-corrected chi connectivity index (χ3v) is 5.60. The molecule has 0 aromatic heterocycles. The molecule has 2 aliphatic heterocycles. The molecule has 0 saturated carbocycles. The summed E-state index contributed by atoms with van der Waals surface area (Å²) in [5.74, 6) is -0.373. The summed E-state index contributed by atoms with van der Waals surface area (Å²) in [4.78, 5) is 30.0. The number of nitrogens with one attached hydrogen (secondary N) is 1. The molecule has 6 nitrogen and oxygen atoms in total. The molecule has 1 unspecified atom stereocenters. The maximum atomic E-state index is 14.3. The number of benzene rings is 1. The van der Waals surface area contributed by atoms with Crippen molar-refractivity contribution < 1.29 is 14.0 Å². The van der Waals surface area contributed by atoms with Crippen molar-refractivity contribution in [2.24, 2.45) is 0 Å². The van der Waals surface area contributed by atoms with Gasteiger partial charge in [-0.25, -0.2) is 4.39 Å². The van der Waals surface area contributed by atoms with Crippen LogP contribution < -0.4 is 10.2 Å². The molecule has 1 atom stereocenters. The zero-order valence-corrected chi connectivity index (χ0v) is 18.7. The van der Waals surface area contributed by atoms with E-state index in [1.54, 1.807) is 12.1 Å². The number of likely N-dealkylation sites (N-methyl/N-ethyl adjacent to an activating group) is 1. The molecule has 2 fully saturated rings. The number of Topliss-reactive ketones (excluding diaryl/α,β-unsaturated/α-hetero) is 1. The Balaban J connectivity index is 0.00000210. The van der Waals surface area contributed by atoms with E-state index in [0.717, 1.165) is 25.9 Å². The van der Waals surface area contributed by atoms with Gasteiger partial charge in [0, 0.05) is 44.3 Å². The van der Waals surface area contributed by atoms with E-state index in [9.17, 15) is 14.0 Å². The van der Waals surface area contributed by atoms with Gasteiger partial charge in [0.1, 0.15) is 5.82 Å². The quantitative estimate of drug-likeness (QED) is 0.699. The largest absolute Gasteiger partial charge is 0.366 e. The number of piperazine rings is 1. The normalized spacial score (nSPS) is 19.9. The van der Waals surface area contributed by atoms with E-state index >= 15 is 0 Å². The third kappa shape index (κ3) is 6.54. The third-order valence-electron chi connectivity index (χ3n) is 5.60. The summed E-state index contributed by atoms with van der Waals surface area (Å²) in [5, 5.41) is 3.30. The topological polar surface area (TPSA) is 55.9 Å². The highest BCUT2D eigenvalue weighted by molar-refractivity contribution is 5.94. The molecular formula is C20H31Cl2FN4O2. The predicted octanol–water partition coefficient (Wildman–Crippen LogP) is 2.20. The van der Waals surface area contributed by atoms with Gasteiger partial charge in [0.2, 0.25) is 5.91 Å². The van der Waals surface area contributed by atoms with Crippen molar-refractivity contribution in [3.05, 3.63) is 29.6 Å². The number of anilines is 1. The highest BCUT2D eigenvalue weighted by Gasteiger charge is 2.26. The Morgan fingerprint density at radius 2 is 1.83 bits per heavy atom. The van der Waals surface area contributed by atoms with E-state index in [4.69, 9.17) is 0 Å². The molecule has 1 N–H and O–H groups in total. The van der Waals surface area contributed by atoms with Gasteiger partial charge in [0.15, 0.2) is 5.78 Å². The number of carbonyl (C=O) groups is 2. The van der Waals surface area contributed by atoms with Crippen molar-refractivity contribution in [1.82, 2.24) is 15.1 Å². The summed E-state index contributed by atoms with van der Waals surface area (Å²) < 4.78 is 14.3. The highest BCUT2D eigenvalue weighted by Crippen LogP contribution is 2.22. The van der Waals surface area contributed by atoms with Crippen molar-refractivity contribution in [2.45, 2.75) is 25.8 Å². The molecule has 1 aromatic carbocycles. The second-order valence-electron chi connectivity index (χ2n) is 7.45. The number of hydrogen-bond donors (Lipinski definition) is 1. The van der Waals surface area contributed by atoms with Gasteiger partial charge in [0.05, 0.1) is 12.2 Å². The molecule has 0 spiro atoms. The molecule has 1 amide bonds. The minimum Gasteiger partial charge on any atom is -0.366 e. The number of hydrogen-bond acceptors (Lipinski definition) is 5. The molecule has 164 valence electrons. The first kappa shape index (κ1) is 25.6. The molecule has 0 aliphatic carbocycles. The van der Waals surface area contributed by atoms with Crippen LogP contribution in [-0.4, -0.2) is 80.4 Å². The molecule has 29 heavy (non-hydrogen) atoms. The second kappa shape index (κ2) is 11.7. The van der Waals surface area contributed by atoms with E-state index in [1.165, 1.54) is 13.0 Å². The van der Waals surface area contributed by atoms with E-state index in [-0.39, 0.29) is 42.3 Å². The monoisotopic (exact) mass is 448 g/mol. The summed E-state index contributed by atoms with van der Waals surface area (Å²) >= 11 is 0. The number of nitrogens with zero attached hydrogens (tertiary/aromatic N) is 3. The van der Waals surface area contributed by atoms with Crippen LogP contribution in [0.5, 0.6) is 0 Å². The number of likely N-dealkylation sites (tertiary alicyclic amines) is 1. The average Bonchev–Trinajstić information content (AvgIpc) is 2.68. The van der Waals surface area contributed by atoms with Crippen molar-refractivity contribution in [3.8, 4) is 0 Å². The first-order valence-electron chi connectivity index (χ1n) is 9.70. The fraction of sp³-hybridized carbons (Fsp3) is 0.600. The lowest BCUT2D eigenvalue weighted by Crippen LogP contribution is -2.53. The zero-order valence-electron chi connectivity index (χ0n) is 17.0. The Morgan fingerprint density at radius 3 is 2.41 bits per heavy atom. The van der Waals surface area contributed by atoms with Gasteiger partial charge in [-0.1, -0.05) is 0 Å². The lowest BCUT2D eigenvalue weighted by molar-refractivity contribution is -0.133. The lowest BCUT2D eigenvalue weighted by atomic mass is 10.1. The molecule has 0 radical (unpaired) electrons. The number of carbonyl (C=O) groups excluding carboxylic acids is 2. The fourth-order valence-corrected chi connectivity index (χ4v) is 3.91. The molecule has 2 saturated heterocycles. The number of halogens is 3. The van der Waals surface area contributed by atoms with Crippen LogP contribution in [0.4, 0.5) is 10.1 Å². The maximum absolute atomic E-state index is 14.3. The van der Waals surface area contributed by atoms with Crippen LogP contribution >= 0.6 is 24.8 Å². The molecule has 2 heterocycles. The lowest BCUT2D eigenvalue weighted by Gasteiger charge is -2.38. The Labute approximate surface area is 184 Å². The average molecular weight is 449 g/mol. The van der Waals surface area contributed by atoms with Crippen LogP contribution in [0.25, 0.3) is 0 Å². The molecule has 9 heteroatoms. The molecule has 2 aliphatic rings. The number of ketones is 1. The van der Waals surface area contributed by atoms with Crippen molar-refractivity contribution in [2.75, 3.05) is 57.8 Å². The SMILES string of the molecule is CNC1CCCN(CC(=O)N2CCN(c3ccc(C(C)=O)cc3F)CC2)C1.Cl.Cl. The van der Waals surface area contributed by atoms with E-state index in [1.807, 2.05) is 16.8 Å². The Hall–Kier alpha value is -1.41. The summed E-state index contributed by atoms with van der Waals surface area (Å²) in [6.07, 6.45) is 2.27. The standard InChI is InChI=1S/C20H29FN4O2.2ClH/c1-15(26)16-5-6-19(18(21)12-16)24-8-10-25(11-9-24)20(27)14-23-7-3-4-17(13-23)22-2;;/h5-6,12,17,22H,3-4,7-11,13-14H2,1-2H3;2*1H. The van der Waals surface area contributed by atoms with Crippen LogP contribution in [0.3, 0.4) is 0 Å². The number of piperidine rings is 1. The maximum Gasteiger partial charge on any atom is 0.236 e. The van der Waals surface area contributed by atoms with E-state index in [0.29, 0.717) is 50.0 Å². The van der Waals surface area contributed by atoms with Crippen molar-refractivity contribution in [3.63, 3.8) is 0 Å². The summed E-state index contributed by atoms with van der Waals surface area (Å²) in [6.45, 7) is 6.15. The minimum atomic E-state index is -0.381. The predicted molar refractivity (Wildman–Crippen MR) is 118 cm³/mol. The van der Waals surface area contributed by atoms with Gasteiger partial charge < -0.3 is 15.1 Å². The van der Waals surface area contributed by atoms with Crippen LogP contribution in [-0.2, 0) is 4.79 Å². The van der Waals surface area contributed by atoms with Crippen LogP contribution in [0, 0.1) is 5.82 Å². The highest BCUT2D eigenvalue weighted by atomic mass is 35.5. The molecule has 3 rings (SSSR count). The fourth-order valence-electron chi connectivity index (χ4n) is 3.91. The first-order valence-corrected chi connectivity index (χ1v) is 9.70. The van der Waals surface area contributed by atoms with E-state index < -0.39 is 0 Å². The number of amides is 1. The van der Waals surface area contributed by atoms with E-state index in [2.05, 4.69) is 10.2 Å². The Kier molecular flexibility index (Phi) is 10.3. The van der Waals surface area contributed by atoms with Gasteiger partial charge in [0.25, 0.3) is 0 Å². The Morgan fingerprint density at radius 1 is 1.14 bits per heavy atom. The van der Waals surface area contributed by atoms with Gasteiger partial charge in [-0.15, -0.1) is 24.8 Å².